The van der Waals surface area contributed by atoms with Gasteiger partial charge >= 0.3 is 6.03 Å². The SMILES string of the molecule is CC(C)c1cccc(C(C)C)c1NC(=O)NC[C@H](NCC1CC1)c1ccccc1. The molecule has 0 spiro atoms. The number of urea groups is 1. The van der Waals surface area contributed by atoms with Crippen molar-refractivity contribution < 1.29 is 4.79 Å². The fourth-order valence-corrected chi connectivity index (χ4v) is 3.67. The largest absolute Gasteiger partial charge is 0.336 e. The summed E-state index contributed by atoms with van der Waals surface area (Å²) in [6.07, 6.45) is 2.62. The van der Waals surface area contributed by atoms with Gasteiger partial charge in [0.15, 0.2) is 0 Å². The van der Waals surface area contributed by atoms with Crippen molar-refractivity contribution in [2.45, 2.75) is 58.4 Å². The van der Waals surface area contributed by atoms with Gasteiger partial charge in [0.2, 0.25) is 0 Å². The zero-order valence-electron chi connectivity index (χ0n) is 18.2. The van der Waals surface area contributed by atoms with E-state index < -0.39 is 0 Å². The lowest BCUT2D eigenvalue weighted by atomic mass is 9.93. The number of para-hydroxylation sites is 1. The number of anilines is 1. The van der Waals surface area contributed by atoms with E-state index >= 15 is 0 Å². The number of carbonyl (C=O) groups excluding carboxylic acids is 1. The minimum atomic E-state index is -0.144. The summed E-state index contributed by atoms with van der Waals surface area (Å²) in [5.74, 6) is 1.49. The van der Waals surface area contributed by atoms with Crippen LogP contribution in [0.15, 0.2) is 48.5 Å². The summed E-state index contributed by atoms with van der Waals surface area (Å²) < 4.78 is 0. The first kappa shape index (κ1) is 21.4. The van der Waals surface area contributed by atoms with Gasteiger partial charge in [-0.3, -0.25) is 0 Å². The molecule has 3 rings (SSSR count). The molecule has 1 atom stereocenters. The third-order valence-electron chi connectivity index (χ3n) is 5.63. The summed E-state index contributed by atoms with van der Waals surface area (Å²) in [5, 5.41) is 9.88. The fourth-order valence-electron chi connectivity index (χ4n) is 3.67. The number of nitrogens with one attached hydrogen (secondary N) is 3. The van der Waals surface area contributed by atoms with Crippen LogP contribution >= 0.6 is 0 Å². The molecule has 1 aliphatic carbocycles. The second-order valence-electron chi connectivity index (χ2n) is 8.77. The molecule has 4 nitrogen and oxygen atoms in total. The fraction of sp³-hybridized carbons (Fsp3) is 0.480. The maximum Gasteiger partial charge on any atom is 0.319 e. The van der Waals surface area contributed by atoms with Crippen LogP contribution in [0.5, 0.6) is 0 Å². The van der Waals surface area contributed by atoms with Gasteiger partial charge in [0.1, 0.15) is 0 Å². The van der Waals surface area contributed by atoms with Gasteiger partial charge in [-0.25, -0.2) is 4.79 Å². The number of benzene rings is 2. The molecular weight excluding hydrogens is 358 g/mol. The summed E-state index contributed by atoms with van der Waals surface area (Å²) in [4.78, 5) is 12.8. The van der Waals surface area contributed by atoms with E-state index in [-0.39, 0.29) is 12.1 Å². The van der Waals surface area contributed by atoms with Crippen molar-refractivity contribution in [2.24, 2.45) is 5.92 Å². The molecule has 0 unspecified atom stereocenters. The average molecular weight is 394 g/mol. The lowest BCUT2D eigenvalue weighted by molar-refractivity contribution is 0.250. The average Bonchev–Trinajstić information content (AvgIpc) is 3.53. The Labute approximate surface area is 175 Å². The van der Waals surface area contributed by atoms with Crippen LogP contribution in [0.1, 0.15) is 75.1 Å². The van der Waals surface area contributed by atoms with Gasteiger partial charge in [-0.2, -0.15) is 0 Å². The van der Waals surface area contributed by atoms with Crippen LogP contribution in [-0.2, 0) is 0 Å². The van der Waals surface area contributed by atoms with Gasteiger partial charge in [-0.15, -0.1) is 0 Å². The standard InChI is InChI=1S/C25H35N3O/c1-17(2)21-11-8-12-22(18(3)4)24(21)28-25(29)27-16-23(26-15-19-13-14-19)20-9-6-5-7-10-20/h5-12,17-19,23,26H,13-16H2,1-4H3,(H2,27,28,29)/t23-/m0/s1. The van der Waals surface area contributed by atoms with Gasteiger partial charge in [-0.05, 0) is 53.8 Å². The van der Waals surface area contributed by atoms with Crippen LogP contribution < -0.4 is 16.0 Å². The number of carbonyl (C=O) groups is 1. The molecule has 0 heterocycles. The van der Waals surface area contributed by atoms with E-state index in [4.69, 9.17) is 0 Å². The molecule has 1 aliphatic rings. The van der Waals surface area contributed by atoms with Crippen LogP contribution in [0.4, 0.5) is 10.5 Å². The van der Waals surface area contributed by atoms with Crippen LogP contribution in [0, 0.1) is 5.92 Å². The molecule has 4 heteroatoms. The topological polar surface area (TPSA) is 53.2 Å². The first-order valence-electron chi connectivity index (χ1n) is 10.9. The summed E-state index contributed by atoms with van der Waals surface area (Å²) in [5.41, 5.74) is 4.52. The summed E-state index contributed by atoms with van der Waals surface area (Å²) in [7, 11) is 0. The van der Waals surface area contributed by atoms with E-state index in [0.717, 1.165) is 18.2 Å². The lowest BCUT2D eigenvalue weighted by Crippen LogP contribution is -2.38. The second kappa shape index (κ2) is 9.93. The molecule has 0 aromatic heterocycles. The van der Waals surface area contributed by atoms with Gasteiger partial charge < -0.3 is 16.0 Å². The lowest BCUT2D eigenvalue weighted by Gasteiger charge is -2.22. The zero-order valence-corrected chi connectivity index (χ0v) is 18.2. The highest BCUT2D eigenvalue weighted by atomic mass is 16.2. The quantitative estimate of drug-likeness (QED) is 0.504. The zero-order chi connectivity index (χ0) is 20.8. The maximum atomic E-state index is 12.8. The molecule has 1 fully saturated rings. The van der Waals surface area contributed by atoms with E-state index in [1.54, 1.807) is 0 Å². The Kier molecular flexibility index (Phi) is 7.32. The highest BCUT2D eigenvalue weighted by Gasteiger charge is 2.23. The van der Waals surface area contributed by atoms with Gasteiger partial charge in [0.25, 0.3) is 0 Å². The number of hydrogen-bond acceptors (Lipinski definition) is 2. The summed E-state index contributed by atoms with van der Waals surface area (Å²) in [6.45, 7) is 10.2. The molecule has 156 valence electrons. The number of rotatable bonds is 9. The Morgan fingerprint density at radius 3 is 2.10 bits per heavy atom. The first-order chi connectivity index (χ1) is 14.0. The van der Waals surface area contributed by atoms with Gasteiger partial charge in [0.05, 0.1) is 0 Å². The van der Waals surface area contributed by atoms with Gasteiger partial charge in [-0.1, -0.05) is 76.2 Å². The van der Waals surface area contributed by atoms with E-state index in [0.29, 0.717) is 18.4 Å². The monoisotopic (exact) mass is 393 g/mol. The molecule has 1 saturated carbocycles. The molecule has 2 aromatic rings. The Balaban J connectivity index is 1.67. The van der Waals surface area contributed by atoms with Crippen LogP contribution in [0.25, 0.3) is 0 Å². The van der Waals surface area contributed by atoms with Crippen LogP contribution in [-0.4, -0.2) is 19.1 Å². The van der Waals surface area contributed by atoms with Crippen molar-refractivity contribution >= 4 is 11.7 Å². The maximum absolute atomic E-state index is 12.8. The minimum absolute atomic E-state index is 0.118. The molecule has 0 saturated heterocycles. The smallest absolute Gasteiger partial charge is 0.319 e. The minimum Gasteiger partial charge on any atom is -0.336 e. The normalized spacial score (nSPS) is 14.8. The van der Waals surface area contributed by atoms with Crippen molar-refractivity contribution in [1.82, 2.24) is 10.6 Å². The van der Waals surface area contributed by atoms with Crippen LogP contribution in [0.2, 0.25) is 0 Å². The van der Waals surface area contributed by atoms with Crippen molar-refractivity contribution in [1.29, 1.82) is 0 Å². The number of amides is 2. The molecule has 2 amide bonds. The number of hydrogen-bond donors (Lipinski definition) is 3. The Morgan fingerprint density at radius 2 is 1.55 bits per heavy atom. The van der Waals surface area contributed by atoms with Crippen molar-refractivity contribution in [3.8, 4) is 0 Å². The second-order valence-corrected chi connectivity index (χ2v) is 8.77. The van der Waals surface area contributed by atoms with E-state index in [1.807, 2.05) is 6.07 Å². The molecule has 2 aromatic carbocycles. The Bertz CT molecular complexity index is 771. The molecule has 0 bridgehead atoms. The van der Waals surface area contributed by atoms with Crippen molar-refractivity contribution in [3.63, 3.8) is 0 Å². The van der Waals surface area contributed by atoms with E-state index in [2.05, 4.69) is 86.1 Å². The predicted molar refractivity (Wildman–Crippen MR) is 122 cm³/mol. The predicted octanol–water partition coefficient (Wildman–Crippen LogP) is 5.80. The third kappa shape index (κ3) is 6.07. The highest BCUT2D eigenvalue weighted by Crippen LogP contribution is 2.32. The molecule has 3 N–H and O–H groups in total. The summed E-state index contributed by atoms with van der Waals surface area (Å²) >= 11 is 0. The van der Waals surface area contributed by atoms with Gasteiger partial charge in [0, 0.05) is 18.3 Å². The molecule has 29 heavy (non-hydrogen) atoms. The van der Waals surface area contributed by atoms with E-state index in [1.165, 1.54) is 29.5 Å². The van der Waals surface area contributed by atoms with Crippen molar-refractivity contribution in [2.75, 3.05) is 18.4 Å². The highest BCUT2D eigenvalue weighted by molar-refractivity contribution is 5.91. The molecule has 0 aliphatic heterocycles. The van der Waals surface area contributed by atoms with Crippen molar-refractivity contribution in [3.05, 3.63) is 65.2 Å². The summed E-state index contributed by atoms with van der Waals surface area (Å²) in [6, 6.07) is 16.6. The third-order valence-corrected chi connectivity index (χ3v) is 5.63. The molecular formula is C25H35N3O. The first-order valence-corrected chi connectivity index (χ1v) is 10.9. The Hall–Kier alpha value is -2.33. The van der Waals surface area contributed by atoms with Crippen LogP contribution in [0.3, 0.4) is 0 Å². The Morgan fingerprint density at radius 1 is 0.931 bits per heavy atom. The molecule has 0 radical (unpaired) electrons. The van der Waals surface area contributed by atoms with E-state index in [9.17, 15) is 4.79 Å².